The van der Waals surface area contributed by atoms with Crippen LogP contribution >= 0.6 is 15.9 Å². The molecule has 1 saturated carbocycles. The molecule has 1 aromatic carbocycles. The van der Waals surface area contributed by atoms with Gasteiger partial charge in [0.05, 0.1) is 18.4 Å². The van der Waals surface area contributed by atoms with Crippen LogP contribution in [0, 0.1) is 11.8 Å². The summed E-state index contributed by atoms with van der Waals surface area (Å²) >= 11 is 3.45. The maximum atomic E-state index is 12.7. The number of imidazole rings is 1. The summed E-state index contributed by atoms with van der Waals surface area (Å²) in [6.45, 7) is 10.4. The molecule has 1 N–H and O–H groups in total. The molecular formula is C20H26BrN3O2. The topological polar surface area (TPSA) is 58.2 Å². The first-order chi connectivity index (χ1) is 12.2. The molecular weight excluding hydrogens is 394 g/mol. The number of H-pyrrole nitrogens is 1. The lowest BCUT2D eigenvalue weighted by atomic mass is 10.2. The first kappa shape index (κ1) is 19.0. The Hall–Kier alpha value is -1.82. The predicted octanol–water partition coefficient (Wildman–Crippen LogP) is 5.23. The monoisotopic (exact) mass is 419 g/mol. The first-order valence-electron chi connectivity index (χ1n) is 8.95. The molecule has 0 aliphatic heterocycles. The number of rotatable bonds is 4. The minimum atomic E-state index is -0.511. The van der Waals surface area contributed by atoms with E-state index in [4.69, 9.17) is 4.74 Å². The van der Waals surface area contributed by atoms with E-state index >= 15 is 0 Å². The molecule has 1 fully saturated rings. The number of nitrogens with one attached hydrogen (secondary N) is 1. The molecule has 2 unspecified atom stereocenters. The fraction of sp³-hybridized carbons (Fsp3) is 0.500. The zero-order valence-electron chi connectivity index (χ0n) is 15.9. The molecule has 5 nitrogen and oxygen atoms in total. The number of hydrogen-bond donors (Lipinski definition) is 1. The van der Waals surface area contributed by atoms with Crippen molar-refractivity contribution in [3.63, 3.8) is 0 Å². The number of ether oxygens (including phenoxy) is 1. The highest BCUT2D eigenvalue weighted by atomic mass is 79.9. The van der Waals surface area contributed by atoms with Crippen LogP contribution in [0.3, 0.4) is 0 Å². The van der Waals surface area contributed by atoms with Crippen LogP contribution in [0.4, 0.5) is 4.79 Å². The number of hydrogen-bond acceptors (Lipinski definition) is 3. The molecule has 1 aliphatic carbocycles. The minimum absolute atomic E-state index is 0.200. The van der Waals surface area contributed by atoms with Gasteiger partial charge in [-0.25, -0.2) is 9.78 Å². The van der Waals surface area contributed by atoms with Crippen LogP contribution in [0.25, 0.3) is 11.3 Å². The van der Waals surface area contributed by atoms with Gasteiger partial charge >= 0.3 is 6.09 Å². The van der Waals surface area contributed by atoms with E-state index < -0.39 is 5.60 Å². The lowest BCUT2D eigenvalue weighted by Crippen LogP contribution is -2.39. The highest BCUT2D eigenvalue weighted by Gasteiger charge is 2.49. The fourth-order valence-corrected chi connectivity index (χ4v) is 3.46. The summed E-state index contributed by atoms with van der Waals surface area (Å²) < 4.78 is 6.65. The highest BCUT2D eigenvalue weighted by molar-refractivity contribution is 9.10. The number of nitrogens with zero attached hydrogens (tertiary/aromatic N) is 2. The zero-order valence-corrected chi connectivity index (χ0v) is 17.5. The van der Waals surface area contributed by atoms with Gasteiger partial charge in [0.15, 0.2) is 0 Å². The third kappa shape index (κ3) is 4.29. The number of carbonyl (C=O) groups is 1. The molecule has 140 valence electrons. The number of amides is 1. The van der Waals surface area contributed by atoms with E-state index in [1.807, 2.05) is 56.1 Å². The van der Waals surface area contributed by atoms with Crippen LogP contribution in [0.15, 0.2) is 34.9 Å². The van der Waals surface area contributed by atoms with Crippen molar-refractivity contribution >= 4 is 22.0 Å². The minimum Gasteiger partial charge on any atom is -0.444 e. The normalized spacial score (nSPS) is 22.2. The maximum absolute atomic E-state index is 12.7. The summed E-state index contributed by atoms with van der Waals surface area (Å²) in [5.74, 6) is 1.71. The van der Waals surface area contributed by atoms with Crippen LogP contribution < -0.4 is 0 Å². The van der Waals surface area contributed by atoms with Gasteiger partial charge in [0.1, 0.15) is 11.4 Å². The smallest absolute Gasteiger partial charge is 0.410 e. The van der Waals surface area contributed by atoms with Gasteiger partial charge in [-0.1, -0.05) is 41.9 Å². The lowest BCUT2D eigenvalue weighted by molar-refractivity contribution is 0.0195. The second kappa shape index (κ2) is 7.06. The van der Waals surface area contributed by atoms with Crippen molar-refractivity contribution in [1.82, 2.24) is 14.9 Å². The average molecular weight is 420 g/mol. The summed E-state index contributed by atoms with van der Waals surface area (Å²) in [6, 6.07) is 8.24. The van der Waals surface area contributed by atoms with Gasteiger partial charge in [0.2, 0.25) is 0 Å². The Morgan fingerprint density at radius 1 is 1.23 bits per heavy atom. The summed E-state index contributed by atoms with van der Waals surface area (Å²) in [5.41, 5.74) is 1.49. The molecule has 1 amide bonds. The van der Waals surface area contributed by atoms with Crippen LogP contribution in [0.1, 0.15) is 40.4 Å². The quantitative estimate of drug-likeness (QED) is 0.737. The molecule has 0 saturated heterocycles. The van der Waals surface area contributed by atoms with E-state index in [1.165, 1.54) is 0 Å². The molecule has 0 bridgehead atoms. The Bertz CT molecular complexity index is 771. The van der Waals surface area contributed by atoms with Crippen molar-refractivity contribution in [3.05, 3.63) is 40.8 Å². The van der Waals surface area contributed by atoms with Crippen LogP contribution in [0.2, 0.25) is 0 Å². The Balaban J connectivity index is 1.77. The van der Waals surface area contributed by atoms with Gasteiger partial charge in [-0.2, -0.15) is 0 Å². The number of halogens is 1. The molecule has 0 spiro atoms. The summed E-state index contributed by atoms with van der Waals surface area (Å²) in [7, 11) is 0. The van der Waals surface area contributed by atoms with E-state index in [2.05, 4.69) is 39.7 Å². The number of aromatic nitrogens is 2. The zero-order chi connectivity index (χ0) is 19.1. The number of carbonyl (C=O) groups excluding carboxylic acids is 1. The summed E-state index contributed by atoms with van der Waals surface area (Å²) in [5, 5.41) is 0. The van der Waals surface area contributed by atoms with E-state index in [0.717, 1.165) is 21.6 Å². The van der Waals surface area contributed by atoms with Crippen molar-refractivity contribution in [1.29, 1.82) is 0 Å². The van der Waals surface area contributed by atoms with Crippen molar-refractivity contribution in [3.8, 4) is 11.3 Å². The van der Waals surface area contributed by atoms with E-state index in [1.54, 1.807) is 0 Å². The standard InChI is InChI=1S/C20H26BrN3O2/c1-12-13(2)18(12)24(19(25)26-20(3,4)5)11-17-22-10-16(23-17)14-6-8-15(21)9-7-14/h6-10,12-13,18H,11H2,1-5H3,(H,22,23)/t12-,13?,18?/m1/s1. The average Bonchev–Trinajstić information content (AvgIpc) is 2.96. The molecule has 2 aromatic rings. The third-order valence-electron chi connectivity index (χ3n) is 4.86. The van der Waals surface area contributed by atoms with Crippen molar-refractivity contribution in [2.24, 2.45) is 11.8 Å². The number of aromatic amines is 1. The van der Waals surface area contributed by atoms with Gasteiger partial charge in [-0.15, -0.1) is 0 Å². The predicted molar refractivity (Wildman–Crippen MR) is 106 cm³/mol. The fourth-order valence-electron chi connectivity index (χ4n) is 3.20. The largest absolute Gasteiger partial charge is 0.444 e. The van der Waals surface area contributed by atoms with Crippen molar-refractivity contribution in [2.75, 3.05) is 0 Å². The third-order valence-corrected chi connectivity index (χ3v) is 5.39. The van der Waals surface area contributed by atoms with Gasteiger partial charge in [-0.3, -0.25) is 4.90 Å². The Labute approximate surface area is 163 Å². The molecule has 1 aromatic heterocycles. The Morgan fingerprint density at radius 2 is 1.85 bits per heavy atom. The molecule has 3 atom stereocenters. The molecule has 1 aliphatic rings. The van der Waals surface area contributed by atoms with E-state index in [-0.39, 0.29) is 12.1 Å². The maximum Gasteiger partial charge on any atom is 0.410 e. The van der Waals surface area contributed by atoms with Crippen LogP contribution in [-0.4, -0.2) is 32.6 Å². The molecule has 1 heterocycles. The Morgan fingerprint density at radius 3 is 2.38 bits per heavy atom. The van der Waals surface area contributed by atoms with Crippen molar-refractivity contribution < 1.29 is 9.53 Å². The second-order valence-corrected chi connectivity index (χ2v) is 8.98. The van der Waals surface area contributed by atoms with Gasteiger partial charge in [0.25, 0.3) is 0 Å². The first-order valence-corrected chi connectivity index (χ1v) is 9.74. The molecule has 3 rings (SSSR count). The van der Waals surface area contributed by atoms with E-state index in [0.29, 0.717) is 18.4 Å². The molecule has 0 radical (unpaired) electrons. The van der Waals surface area contributed by atoms with E-state index in [9.17, 15) is 4.79 Å². The van der Waals surface area contributed by atoms with Crippen molar-refractivity contribution in [2.45, 2.75) is 52.8 Å². The molecule has 26 heavy (non-hydrogen) atoms. The SMILES string of the molecule is CC1C(N(Cc2ncc(-c3ccc(Br)cc3)[nH]2)C(=O)OC(C)(C)C)[C@@H]1C. The van der Waals surface area contributed by atoms with Gasteiger partial charge < -0.3 is 9.72 Å². The van der Waals surface area contributed by atoms with Gasteiger partial charge in [-0.05, 0) is 50.3 Å². The van der Waals surface area contributed by atoms with Crippen LogP contribution in [0.5, 0.6) is 0 Å². The molecule has 6 heteroatoms. The Kier molecular flexibility index (Phi) is 5.15. The summed E-state index contributed by atoms with van der Waals surface area (Å²) in [6.07, 6.45) is 1.53. The lowest BCUT2D eigenvalue weighted by Gasteiger charge is -2.27. The summed E-state index contributed by atoms with van der Waals surface area (Å²) in [4.78, 5) is 22.3. The highest BCUT2D eigenvalue weighted by Crippen LogP contribution is 2.43. The van der Waals surface area contributed by atoms with Crippen LogP contribution in [-0.2, 0) is 11.3 Å². The second-order valence-electron chi connectivity index (χ2n) is 8.07. The van der Waals surface area contributed by atoms with Gasteiger partial charge in [0, 0.05) is 10.5 Å². The number of benzene rings is 1.